The van der Waals surface area contributed by atoms with E-state index < -0.39 is 0 Å². The third kappa shape index (κ3) is 3.85. The van der Waals surface area contributed by atoms with Gasteiger partial charge >= 0.3 is 0 Å². The average Bonchev–Trinajstić information content (AvgIpc) is 2.51. The van der Waals surface area contributed by atoms with Gasteiger partial charge in [-0.25, -0.2) is 0 Å². The van der Waals surface area contributed by atoms with E-state index >= 15 is 0 Å². The Morgan fingerprint density at radius 3 is 2.39 bits per heavy atom. The fourth-order valence-electron chi connectivity index (χ4n) is 2.27. The smallest absolute Gasteiger partial charge is 0.0992 e. The van der Waals surface area contributed by atoms with Crippen LogP contribution in [0.5, 0.6) is 0 Å². The molecule has 23 heavy (non-hydrogen) atoms. The van der Waals surface area contributed by atoms with Crippen LogP contribution in [0.2, 0.25) is 10.0 Å². The third-order valence-electron chi connectivity index (χ3n) is 3.85. The molecule has 0 saturated carbocycles. The standard InChI is InChI=1S/C20H17Cl2N/c1-12(2)13(3)7-17-8-15(11-23)9-18(14(17)4)16-5-6-19(21)20(22)10-16/h5-10H,1H2,2-4H3/b13-7+. The lowest BCUT2D eigenvalue weighted by atomic mass is 9.92. The maximum absolute atomic E-state index is 9.33. The summed E-state index contributed by atoms with van der Waals surface area (Å²) in [6, 6.07) is 11.5. The second-order valence-electron chi connectivity index (χ2n) is 5.59. The summed E-state index contributed by atoms with van der Waals surface area (Å²) in [6.07, 6.45) is 2.06. The molecule has 0 saturated heterocycles. The highest BCUT2D eigenvalue weighted by molar-refractivity contribution is 6.42. The Hall–Kier alpha value is -2.01. The van der Waals surface area contributed by atoms with Gasteiger partial charge in [0.25, 0.3) is 0 Å². The van der Waals surface area contributed by atoms with Crippen molar-refractivity contribution in [2.24, 2.45) is 0 Å². The Balaban J connectivity index is 2.69. The topological polar surface area (TPSA) is 23.8 Å². The summed E-state index contributed by atoms with van der Waals surface area (Å²) < 4.78 is 0. The van der Waals surface area contributed by atoms with Gasteiger partial charge in [0.05, 0.1) is 21.7 Å². The average molecular weight is 342 g/mol. The zero-order valence-corrected chi connectivity index (χ0v) is 14.9. The summed E-state index contributed by atoms with van der Waals surface area (Å²) in [5, 5.41) is 10.3. The zero-order chi connectivity index (χ0) is 17.1. The van der Waals surface area contributed by atoms with Gasteiger partial charge in [0.2, 0.25) is 0 Å². The molecule has 0 aliphatic carbocycles. The molecule has 0 aliphatic heterocycles. The van der Waals surface area contributed by atoms with Crippen LogP contribution in [0.15, 0.2) is 48.1 Å². The van der Waals surface area contributed by atoms with Crippen molar-refractivity contribution >= 4 is 29.3 Å². The number of nitriles is 1. The first-order chi connectivity index (χ1) is 10.8. The van der Waals surface area contributed by atoms with Crippen LogP contribution in [0.3, 0.4) is 0 Å². The van der Waals surface area contributed by atoms with E-state index in [1.165, 1.54) is 0 Å². The molecule has 0 unspecified atom stereocenters. The van der Waals surface area contributed by atoms with Gasteiger partial charge in [-0.2, -0.15) is 5.26 Å². The van der Waals surface area contributed by atoms with E-state index in [0.29, 0.717) is 15.6 Å². The Bertz CT molecular complexity index is 855. The molecule has 0 fully saturated rings. The molecule has 1 nitrogen and oxygen atoms in total. The van der Waals surface area contributed by atoms with Crippen LogP contribution in [-0.4, -0.2) is 0 Å². The van der Waals surface area contributed by atoms with Crippen molar-refractivity contribution in [1.82, 2.24) is 0 Å². The zero-order valence-electron chi connectivity index (χ0n) is 13.4. The summed E-state index contributed by atoms with van der Waals surface area (Å²) >= 11 is 12.1. The maximum atomic E-state index is 9.33. The summed E-state index contributed by atoms with van der Waals surface area (Å²) in [7, 11) is 0. The van der Waals surface area contributed by atoms with Crippen LogP contribution in [-0.2, 0) is 0 Å². The van der Waals surface area contributed by atoms with E-state index in [-0.39, 0.29) is 0 Å². The van der Waals surface area contributed by atoms with Gasteiger partial charge < -0.3 is 0 Å². The van der Waals surface area contributed by atoms with Crippen molar-refractivity contribution in [3.63, 3.8) is 0 Å². The van der Waals surface area contributed by atoms with E-state index in [2.05, 4.69) is 18.7 Å². The Morgan fingerprint density at radius 1 is 1.13 bits per heavy atom. The number of hydrogen-bond acceptors (Lipinski definition) is 1. The van der Waals surface area contributed by atoms with E-state index in [4.69, 9.17) is 23.2 Å². The minimum atomic E-state index is 0.501. The Morgan fingerprint density at radius 2 is 1.83 bits per heavy atom. The van der Waals surface area contributed by atoms with Crippen molar-refractivity contribution in [2.75, 3.05) is 0 Å². The number of nitrogens with zero attached hydrogens (tertiary/aromatic N) is 1. The van der Waals surface area contributed by atoms with Crippen molar-refractivity contribution in [3.05, 3.63) is 74.8 Å². The van der Waals surface area contributed by atoms with Crippen LogP contribution in [0.4, 0.5) is 0 Å². The second kappa shape index (κ2) is 7.04. The first-order valence-electron chi connectivity index (χ1n) is 7.18. The molecule has 0 amide bonds. The van der Waals surface area contributed by atoms with Crippen molar-refractivity contribution in [2.45, 2.75) is 20.8 Å². The van der Waals surface area contributed by atoms with Crippen molar-refractivity contribution in [1.29, 1.82) is 5.26 Å². The number of halogens is 2. The molecule has 0 radical (unpaired) electrons. The molecule has 2 aromatic rings. The van der Waals surface area contributed by atoms with Gasteiger partial charge in [-0.05, 0) is 72.9 Å². The molecule has 0 aromatic heterocycles. The minimum Gasteiger partial charge on any atom is -0.192 e. The number of rotatable bonds is 3. The highest BCUT2D eigenvalue weighted by Gasteiger charge is 2.10. The van der Waals surface area contributed by atoms with E-state index in [1.54, 1.807) is 6.07 Å². The van der Waals surface area contributed by atoms with Gasteiger partial charge in [0, 0.05) is 0 Å². The lowest BCUT2D eigenvalue weighted by Gasteiger charge is -2.12. The first-order valence-corrected chi connectivity index (χ1v) is 7.93. The Labute approximate surface area is 147 Å². The third-order valence-corrected chi connectivity index (χ3v) is 4.59. The molecule has 2 rings (SSSR count). The van der Waals surface area contributed by atoms with Crippen molar-refractivity contribution < 1.29 is 0 Å². The number of benzene rings is 2. The highest BCUT2D eigenvalue weighted by atomic mass is 35.5. The monoisotopic (exact) mass is 341 g/mol. The summed E-state index contributed by atoms with van der Waals surface area (Å²) in [4.78, 5) is 0. The lowest BCUT2D eigenvalue weighted by Crippen LogP contribution is -1.92. The van der Waals surface area contributed by atoms with Crippen LogP contribution in [0.25, 0.3) is 17.2 Å². The molecule has 0 spiro atoms. The molecule has 0 aliphatic rings. The molecule has 0 atom stereocenters. The van der Waals surface area contributed by atoms with Gasteiger partial charge in [0.1, 0.15) is 0 Å². The van der Waals surface area contributed by atoms with Crippen LogP contribution < -0.4 is 0 Å². The minimum absolute atomic E-state index is 0.501. The molecular formula is C20H17Cl2N. The molecular weight excluding hydrogens is 325 g/mol. The SMILES string of the molecule is C=C(C)/C(C)=C/c1cc(C#N)cc(-c2ccc(Cl)c(Cl)c2)c1C. The quantitative estimate of drug-likeness (QED) is 0.561. The lowest BCUT2D eigenvalue weighted by molar-refractivity contribution is 1.36. The second-order valence-corrected chi connectivity index (χ2v) is 6.40. The summed E-state index contributed by atoms with van der Waals surface area (Å²) in [5.41, 5.74) is 6.71. The predicted octanol–water partition coefficient (Wildman–Crippen LogP) is 6.82. The number of hydrogen-bond donors (Lipinski definition) is 0. The largest absolute Gasteiger partial charge is 0.192 e. The number of allylic oxidation sites excluding steroid dienone is 2. The van der Waals surface area contributed by atoms with E-state index in [0.717, 1.165) is 33.4 Å². The molecule has 2 aromatic carbocycles. The molecule has 3 heteroatoms. The maximum Gasteiger partial charge on any atom is 0.0992 e. The fraction of sp³-hybridized carbons (Fsp3) is 0.150. The van der Waals surface area contributed by atoms with Crippen LogP contribution >= 0.6 is 23.2 Å². The van der Waals surface area contributed by atoms with Crippen LogP contribution in [0.1, 0.15) is 30.5 Å². The summed E-state index contributed by atoms with van der Waals surface area (Å²) in [6.45, 7) is 9.98. The predicted molar refractivity (Wildman–Crippen MR) is 99.8 cm³/mol. The molecule has 116 valence electrons. The normalized spacial score (nSPS) is 11.2. The van der Waals surface area contributed by atoms with E-state index in [9.17, 15) is 5.26 Å². The summed E-state index contributed by atoms with van der Waals surface area (Å²) in [5.74, 6) is 0. The first kappa shape index (κ1) is 17.3. The van der Waals surface area contributed by atoms with Crippen LogP contribution in [0, 0.1) is 18.3 Å². The Kier molecular flexibility index (Phi) is 5.31. The van der Waals surface area contributed by atoms with Gasteiger partial charge in [0.15, 0.2) is 0 Å². The van der Waals surface area contributed by atoms with Gasteiger partial charge in [-0.3, -0.25) is 0 Å². The molecule has 0 bridgehead atoms. The molecule has 0 heterocycles. The van der Waals surface area contributed by atoms with Gasteiger partial charge in [-0.15, -0.1) is 0 Å². The molecule has 0 N–H and O–H groups in total. The van der Waals surface area contributed by atoms with Crippen molar-refractivity contribution in [3.8, 4) is 17.2 Å². The fourth-order valence-corrected chi connectivity index (χ4v) is 2.57. The highest BCUT2D eigenvalue weighted by Crippen LogP contribution is 2.33. The van der Waals surface area contributed by atoms with Gasteiger partial charge in [-0.1, -0.05) is 47.5 Å². The van der Waals surface area contributed by atoms with E-state index in [1.807, 2.05) is 45.0 Å².